The van der Waals surface area contributed by atoms with Gasteiger partial charge in [-0.05, 0) is 85.4 Å². The van der Waals surface area contributed by atoms with Crippen LogP contribution in [0.15, 0.2) is 58.4 Å². The van der Waals surface area contributed by atoms with Crippen LogP contribution in [0.1, 0.15) is 63.2 Å². The Morgan fingerprint density at radius 2 is 1.98 bits per heavy atom. The first-order valence-corrected chi connectivity index (χ1v) is 15.6. The summed E-state index contributed by atoms with van der Waals surface area (Å²) in [5, 5.41) is 0.752. The zero-order valence-electron chi connectivity index (χ0n) is 25.2. The van der Waals surface area contributed by atoms with Gasteiger partial charge in [-0.2, -0.15) is 4.98 Å². The van der Waals surface area contributed by atoms with Crippen LogP contribution in [-0.4, -0.2) is 39.7 Å². The summed E-state index contributed by atoms with van der Waals surface area (Å²) < 4.78 is 22.9. The molecule has 2 aromatic heterocycles. The molecule has 3 heterocycles. The lowest BCUT2D eigenvalue weighted by Gasteiger charge is -2.35. The summed E-state index contributed by atoms with van der Waals surface area (Å²) in [6, 6.07) is 13.0. The predicted molar refractivity (Wildman–Crippen MR) is 175 cm³/mol. The van der Waals surface area contributed by atoms with Crippen LogP contribution in [0.4, 0.5) is 4.39 Å². The monoisotopic (exact) mass is 621 g/mol. The van der Waals surface area contributed by atoms with Gasteiger partial charge in [0.15, 0.2) is 11.8 Å². The van der Waals surface area contributed by atoms with Crippen LogP contribution in [-0.2, 0) is 11.2 Å². The van der Waals surface area contributed by atoms with Crippen molar-refractivity contribution in [3.63, 3.8) is 0 Å². The number of nitrogens with one attached hydrogen (secondary N) is 1. The van der Waals surface area contributed by atoms with Crippen molar-refractivity contribution >= 4 is 28.6 Å². The maximum absolute atomic E-state index is 15.2. The SMILES string of the molecule is CC(C)CCCc1cc(Cl)c(F)c(-c2cc3cn(-c4ccc([C@H]5C[C@H](CCN=C(N)N)C[C@H](CN)O5)cc4)c(=O)nc3[nH]2)c1. The van der Waals surface area contributed by atoms with Crippen molar-refractivity contribution in [3.05, 3.63) is 81.1 Å². The molecule has 11 heteroatoms. The van der Waals surface area contributed by atoms with Crippen molar-refractivity contribution in [3.8, 4) is 16.9 Å². The number of hydrogen-bond donors (Lipinski definition) is 4. The Morgan fingerprint density at radius 3 is 2.68 bits per heavy atom. The van der Waals surface area contributed by atoms with Gasteiger partial charge in [0.1, 0.15) is 5.65 Å². The number of nitrogens with zero attached hydrogens (tertiary/aromatic N) is 3. The summed E-state index contributed by atoms with van der Waals surface area (Å²) >= 11 is 6.28. The van der Waals surface area contributed by atoms with Gasteiger partial charge in [-0.1, -0.05) is 44.0 Å². The highest BCUT2D eigenvalue weighted by atomic mass is 35.5. The summed E-state index contributed by atoms with van der Waals surface area (Å²) in [6.07, 6.45) is 6.97. The average molecular weight is 622 g/mol. The minimum atomic E-state index is -0.503. The maximum Gasteiger partial charge on any atom is 0.354 e. The van der Waals surface area contributed by atoms with Gasteiger partial charge < -0.3 is 26.9 Å². The second kappa shape index (κ2) is 13.9. The first kappa shape index (κ1) is 31.7. The second-order valence-corrected chi connectivity index (χ2v) is 12.5. The number of ether oxygens (including phenoxy) is 1. The molecule has 0 aliphatic carbocycles. The number of nitrogens with two attached hydrogens (primary N) is 3. The van der Waals surface area contributed by atoms with E-state index in [0.29, 0.717) is 52.9 Å². The van der Waals surface area contributed by atoms with Crippen molar-refractivity contribution in [1.29, 1.82) is 0 Å². The Morgan fingerprint density at radius 1 is 1.20 bits per heavy atom. The smallest absolute Gasteiger partial charge is 0.354 e. The molecule has 1 aliphatic heterocycles. The highest BCUT2D eigenvalue weighted by molar-refractivity contribution is 6.31. The van der Waals surface area contributed by atoms with Gasteiger partial charge in [-0.25, -0.2) is 9.18 Å². The van der Waals surface area contributed by atoms with E-state index in [1.165, 1.54) is 4.57 Å². The van der Waals surface area contributed by atoms with Gasteiger partial charge >= 0.3 is 5.69 Å². The molecule has 0 radical (unpaired) electrons. The molecular weight excluding hydrogens is 581 g/mol. The van der Waals surface area contributed by atoms with Gasteiger partial charge in [0.05, 0.1) is 28.6 Å². The highest BCUT2D eigenvalue weighted by Crippen LogP contribution is 2.37. The number of rotatable bonds is 11. The number of aryl methyl sites for hydroxylation is 1. The van der Waals surface area contributed by atoms with Crippen LogP contribution in [0, 0.1) is 17.7 Å². The molecule has 1 aliphatic rings. The van der Waals surface area contributed by atoms with E-state index >= 15 is 4.39 Å². The van der Waals surface area contributed by atoms with E-state index in [0.717, 1.165) is 49.7 Å². The van der Waals surface area contributed by atoms with Crippen molar-refractivity contribution in [2.45, 2.75) is 64.6 Å². The average Bonchev–Trinajstić information content (AvgIpc) is 3.40. The summed E-state index contributed by atoms with van der Waals surface area (Å²) in [6.45, 7) is 5.37. The van der Waals surface area contributed by atoms with Gasteiger partial charge in [0.25, 0.3) is 0 Å². The molecule has 4 aromatic rings. The van der Waals surface area contributed by atoms with Gasteiger partial charge in [-0.3, -0.25) is 9.56 Å². The first-order valence-electron chi connectivity index (χ1n) is 15.2. The molecule has 0 bridgehead atoms. The fraction of sp³-hybridized carbons (Fsp3) is 0.424. The molecule has 1 saturated heterocycles. The zero-order valence-corrected chi connectivity index (χ0v) is 26.0. The molecule has 234 valence electrons. The first-order chi connectivity index (χ1) is 21.1. The molecule has 9 nitrogen and oxygen atoms in total. The number of aliphatic imine (C=N–C) groups is 1. The van der Waals surface area contributed by atoms with Gasteiger partial charge in [-0.15, -0.1) is 0 Å². The lowest BCUT2D eigenvalue weighted by atomic mass is 9.86. The standard InChI is InChI=1S/C33H41ClFN7O2/c1-19(2)4-3-5-20-13-26(30(35)27(34)14-20)28-16-23-18-42(33(43)41-31(23)40-28)24-8-6-22(7-9-24)29-15-21(10-11-39-32(37)38)12-25(17-36)44-29/h6-9,13-14,16,18-19,21,25,29H,3-5,10-12,15,17,36H2,1-2H3,(H4,37,38,39)(H,40,41,43)/t21-,25-,29-/m1/s1. The summed E-state index contributed by atoms with van der Waals surface area (Å²) in [7, 11) is 0. The van der Waals surface area contributed by atoms with E-state index in [9.17, 15) is 4.79 Å². The number of aromatic nitrogens is 3. The van der Waals surface area contributed by atoms with Crippen LogP contribution < -0.4 is 22.9 Å². The lowest BCUT2D eigenvalue weighted by Crippen LogP contribution is -2.34. The highest BCUT2D eigenvalue weighted by Gasteiger charge is 2.29. The quantitative estimate of drug-likeness (QED) is 0.126. The summed E-state index contributed by atoms with van der Waals surface area (Å²) in [5.41, 5.74) is 20.4. The Balaban J connectivity index is 1.37. The Kier molecular flexibility index (Phi) is 10.0. The Bertz CT molecular complexity index is 1680. The number of aromatic amines is 1. The molecule has 3 atom stereocenters. The van der Waals surface area contributed by atoms with Crippen LogP contribution in [0.2, 0.25) is 5.02 Å². The molecule has 44 heavy (non-hydrogen) atoms. The van der Waals surface area contributed by atoms with E-state index in [1.54, 1.807) is 18.3 Å². The predicted octanol–water partition coefficient (Wildman–Crippen LogP) is 5.61. The third-order valence-corrected chi connectivity index (χ3v) is 8.55. The van der Waals surface area contributed by atoms with Gasteiger partial charge in [0.2, 0.25) is 0 Å². The van der Waals surface area contributed by atoms with Crippen LogP contribution in [0.3, 0.4) is 0 Å². The molecular formula is C33H41ClFN7O2. The minimum Gasteiger partial charge on any atom is -0.370 e. The normalized spacial score (nSPS) is 18.6. The Hall–Kier alpha value is -3.73. The number of benzene rings is 2. The fourth-order valence-corrected chi connectivity index (χ4v) is 6.21. The number of hydrogen-bond acceptors (Lipinski definition) is 5. The lowest BCUT2D eigenvalue weighted by molar-refractivity contribution is -0.0690. The van der Waals surface area contributed by atoms with Crippen molar-refractivity contribution in [1.82, 2.24) is 14.5 Å². The largest absolute Gasteiger partial charge is 0.370 e. The fourth-order valence-electron chi connectivity index (χ4n) is 5.97. The molecule has 7 N–H and O–H groups in total. The second-order valence-electron chi connectivity index (χ2n) is 12.1. The molecule has 2 aromatic carbocycles. The van der Waals surface area contributed by atoms with E-state index in [2.05, 4.69) is 28.8 Å². The number of fused-ring (bicyclic) bond motifs is 1. The van der Waals surface area contributed by atoms with Crippen LogP contribution in [0.5, 0.6) is 0 Å². The van der Waals surface area contributed by atoms with E-state index in [-0.39, 0.29) is 23.2 Å². The van der Waals surface area contributed by atoms with Crippen molar-refractivity contribution in [2.75, 3.05) is 13.1 Å². The van der Waals surface area contributed by atoms with Gasteiger partial charge in [0, 0.05) is 30.2 Å². The zero-order chi connectivity index (χ0) is 31.4. The molecule has 0 spiro atoms. The molecule has 0 saturated carbocycles. The summed E-state index contributed by atoms with van der Waals surface area (Å²) in [4.78, 5) is 24.6. The van der Waals surface area contributed by atoms with Crippen LogP contribution >= 0.6 is 11.6 Å². The van der Waals surface area contributed by atoms with Crippen LogP contribution in [0.25, 0.3) is 28.0 Å². The topological polar surface area (TPSA) is 150 Å². The molecule has 5 rings (SSSR count). The number of guanidine groups is 1. The third kappa shape index (κ3) is 7.49. The summed E-state index contributed by atoms with van der Waals surface area (Å²) in [5.74, 6) is 0.565. The number of H-pyrrole nitrogens is 1. The number of halogens is 2. The third-order valence-electron chi connectivity index (χ3n) is 8.27. The van der Waals surface area contributed by atoms with E-state index < -0.39 is 11.5 Å². The Labute approximate surface area is 261 Å². The maximum atomic E-state index is 15.2. The van der Waals surface area contributed by atoms with E-state index in [1.807, 2.05) is 30.3 Å². The molecule has 0 amide bonds. The molecule has 0 unspecified atom stereocenters. The van der Waals surface area contributed by atoms with Crippen molar-refractivity contribution < 1.29 is 9.13 Å². The molecule has 1 fully saturated rings. The minimum absolute atomic E-state index is 0.0462. The van der Waals surface area contributed by atoms with Crippen molar-refractivity contribution in [2.24, 2.45) is 34.0 Å². The van der Waals surface area contributed by atoms with E-state index in [4.69, 9.17) is 33.5 Å².